The van der Waals surface area contributed by atoms with E-state index in [4.69, 9.17) is 4.74 Å². The van der Waals surface area contributed by atoms with Crippen LogP contribution in [-0.2, 0) is 6.54 Å². The molecule has 0 unspecified atom stereocenters. The molecule has 1 aromatic carbocycles. The monoisotopic (exact) mass is 497 g/mol. The lowest BCUT2D eigenvalue weighted by Gasteiger charge is -2.17. The van der Waals surface area contributed by atoms with Gasteiger partial charge in [0.05, 0.1) is 13.0 Å². The fourth-order valence-corrected chi connectivity index (χ4v) is 1.91. The van der Waals surface area contributed by atoms with E-state index in [0.717, 1.165) is 0 Å². The van der Waals surface area contributed by atoms with Crippen molar-refractivity contribution < 1.29 is 31.4 Å². The van der Waals surface area contributed by atoms with E-state index in [-0.39, 0.29) is 61.1 Å². The van der Waals surface area contributed by atoms with Gasteiger partial charge in [-0.1, -0.05) is 12.1 Å². The molecule has 0 aliphatic heterocycles. The summed E-state index contributed by atoms with van der Waals surface area (Å²) in [5.41, 5.74) is 0.352. The molecule has 150 valence electrons. The predicted octanol–water partition coefficient (Wildman–Crippen LogP) is 3.92. The van der Waals surface area contributed by atoms with Gasteiger partial charge in [0.2, 0.25) is 0 Å². The molecular formula is C15H21F5IN3O2. The maximum absolute atomic E-state index is 12.6. The Hall–Kier alpha value is -1.53. The van der Waals surface area contributed by atoms with E-state index in [1.54, 1.807) is 13.0 Å². The topological polar surface area (TPSA) is 54.9 Å². The Labute approximate surface area is 165 Å². The molecule has 0 aliphatic carbocycles. The van der Waals surface area contributed by atoms with Gasteiger partial charge in [-0.05, 0) is 13.0 Å². The molecular weight excluding hydrogens is 476 g/mol. The average Bonchev–Trinajstić information content (AvgIpc) is 2.51. The molecule has 0 amide bonds. The average molecular weight is 497 g/mol. The molecule has 26 heavy (non-hydrogen) atoms. The lowest BCUT2D eigenvalue weighted by molar-refractivity contribution is -0.132. The molecule has 0 spiro atoms. The Bertz CT molecular complexity index is 571. The molecule has 11 heteroatoms. The number of guanidine groups is 1. The Morgan fingerprint density at radius 1 is 1.23 bits per heavy atom. The smallest absolute Gasteiger partial charge is 0.390 e. The number of aliphatic imine (C=N–C) groups is 1. The molecule has 0 fully saturated rings. The van der Waals surface area contributed by atoms with Crippen LogP contribution in [0, 0.1) is 0 Å². The number of nitrogens with zero attached hydrogens (tertiary/aromatic N) is 1. The van der Waals surface area contributed by atoms with Crippen LogP contribution in [-0.4, -0.2) is 38.9 Å². The van der Waals surface area contributed by atoms with Crippen molar-refractivity contribution >= 4 is 29.9 Å². The summed E-state index contributed by atoms with van der Waals surface area (Å²) >= 11 is 0. The number of nitrogens with one attached hydrogen (secondary N) is 2. The lowest BCUT2D eigenvalue weighted by Crippen LogP contribution is -2.38. The molecule has 0 bridgehead atoms. The Balaban J connectivity index is 0.00000625. The molecule has 0 radical (unpaired) electrons. The summed E-state index contributed by atoms with van der Waals surface area (Å²) in [6.45, 7) is -1.43. The number of benzene rings is 1. The summed E-state index contributed by atoms with van der Waals surface area (Å²) in [5.74, 6) is 0.133. The highest BCUT2D eigenvalue weighted by Crippen LogP contribution is 2.32. The highest BCUT2D eigenvalue weighted by atomic mass is 127. The van der Waals surface area contributed by atoms with Crippen LogP contribution < -0.4 is 20.1 Å². The van der Waals surface area contributed by atoms with E-state index in [0.29, 0.717) is 5.56 Å². The molecule has 1 aromatic rings. The first-order valence-corrected chi connectivity index (χ1v) is 7.47. The van der Waals surface area contributed by atoms with Crippen molar-refractivity contribution in [2.75, 3.05) is 20.2 Å². The number of hydrogen-bond donors (Lipinski definition) is 2. The Morgan fingerprint density at radius 3 is 2.46 bits per heavy atom. The standard InChI is InChI=1S/C15H20F5N3O2.HI/c1-3-24-11-6-4-5-10(12(11)25-13(16)17)9-23-14(21-2)22-8-7-15(18,19)20;/h4-6,13H,3,7-9H2,1-2H3,(H2,21,22,23);1H. The normalized spacial score (nSPS) is 11.8. The number of para-hydroxylation sites is 1. The fraction of sp³-hybridized carbons (Fsp3) is 0.533. The minimum atomic E-state index is -4.28. The van der Waals surface area contributed by atoms with Crippen LogP contribution >= 0.6 is 24.0 Å². The van der Waals surface area contributed by atoms with Crippen molar-refractivity contribution in [2.45, 2.75) is 32.7 Å². The van der Waals surface area contributed by atoms with Crippen molar-refractivity contribution in [3.8, 4) is 11.5 Å². The highest BCUT2D eigenvalue weighted by Gasteiger charge is 2.26. The van der Waals surface area contributed by atoms with Crippen LogP contribution in [0.25, 0.3) is 0 Å². The number of hydrogen-bond acceptors (Lipinski definition) is 3. The van der Waals surface area contributed by atoms with Gasteiger partial charge in [-0.2, -0.15) is 22.0 Å². The Kier molecular flexibility index (Phi) is 11.3. The molecule has 2 N–H and O–H groups in total. The predicted molar refractivity (Wildman–Crippen MR) is 98.5 cm³/mol. The van der Waals surface area contributed by atoms with E-state index >= 15 is 0 Å². The maximum Gasteiger partial charge on any atom is 0.390 e. The fourth-order valence-electron chi connectivity index (χ4n) is 1.91. The number of ether oxygens (including phenoxy) is 2. The number of rotatable bonds is 8. The quantitative estimate of drug-likeness (QED) is 0.248. The van der Waals surface area contributed by atoms with Gasteiger partial charge < -0.3 is 20.1 Å². The van der Waals surface area contributed by atoms with Crippen molar-refractivity contribution in [3.63, 3.8) is 0 Å². The van der Waals surface area contributed by atoms with Crippen molar-refractivity contribution in [3.05, 3.63) is 23.8 Å². The molecule has 0 saturated carbocycles. The lowest BCUT2D eigenvalue weighted by atomic mass is 10.2. The third-order valence-corrected chi connectivity index (χ3v) is 2.94. The third kappa shape index (κ3) is 9.25. The third-order valence-electron chi connectivity index (χ3n) is 2.94. The zero-order valence-corrected chi connectivity index (χ0v) is 16.5. The zero-order valence-electron chi connectivity index (χ0n) is 14.2. The second-order valence-corrected chi connectivity index (χ2v) is 4.77. The van der Waals surface area contributed by atoms with E-state index in [9.17, 15) is 22.0 Å². The molecule has 0 heterocycles. The van der Waals surface area contributed by atoms with Crippen molar-refractivity contribution in [2.24, 2.45) is 4.99 Å². The summed E-state index contributed by atoms with van der Waals surface area (Å²) in [6.07, 6.45) is -5.30. The first kappa shape index (κ1) is 24.5. The van der Waals surface area contributed by atoms with Crippen LogP contribution in [0.2, 0.25) is 0 Å². The zero-order chi connectivity index (χ0) is 18.9. The van der Waals surface area contributed by atoms with Gasteiger partial charge in [0.25, 0.3) is 0 Å². The Morgan fingerprint density at radius 2 is 1.92 bits per heavy atom. The van der Waals surface area contributed by atoms with Gasteiger partial charge in [-0.25, -0.2) is 0 Å². The molecule has 0 aliphatic rings. The van der Waals surface area contributed by atoms with Crippen LogP contribution in [0.4, 0.5) is 22.0 Å². The van der Waals surface area contributed by atoms with Crippen molar-refractivity contribution in [1.82, 2.24) is 10.6 Å². The first-order chi connectivity index (χ1) is 11.8. The van der Waals surface area contributed by atoms with E-state index in [1.807, 2.05) is 0 Å². The second kappa shape index (κ2) is 12.0. The SMILES string of the molecule is CCOc1cccc(CNC(=NC)NCCC(F)(F)F)c1OC(F)F.I. The van der Waals surface area contributed by atoms with Crippen LogP contribution in [0.15, 0.2) is 23.2 Å². The molecule has 1 rings (SSSR count). The summed E-state index contributed by atoms with van der Waals surface area (Å²) in [4.78, 5) is 3.78. The van der Waals surface area contributed by atoms with Crippen LogP contribution in [0.1, 0.15) is 18.9 Å². The molecule has 0 saturated heterocycles. The van der Waals surface area contributed by atoms with Gasteiger partial charge in [-0.15, -0.1) is 24.0 Å². The van der Waals surface area contributed by atoms with Crippen molar-refractivity contribution in [1.29, 1.82) is 0 Å². The summed E-state index contributed by atoms with van der Waals surface area (Å²) < 4.78 is 71.5. The van der Waals surface area contributed by atoms with Gasteiger partial charge >= 0.3 is 12.8 Å². The van der Waals surface area contributed by atoms with E-state index in [2.05, 4.69) is 20.4 Å². The minimum Gasteiger partial charge on any atom is -0.490 e. The van der Waals surface area contributed by atoms with Gasteiger partial charge in [0.15, 0.2) is 17.5 Å². The number of halogens is 6. The first-order valence-electron chi connectivity index (χ1n) is 7.47. The summed E-state index contributed by atoms with van der Waals surface area (Å²) in [5, 5.41) is 5.24. The number of alkyl halides is 5. The van der Waals surface area contributed by atoms with Crippen LogP contribution in [0.5, 0.6) is 11.5 Å². The van der Waals surface area contributed by atoms with Crippen LogP contribution in [0.3, 0.4) is 0 Å². The highest BCUT2D eigenvalue weighted by molar-refractivity contribution is 14.0. The summed E-state index contributed by atoms with van der Waals surface area (Å²) in [7, 11) is 1.39. The van der Waals surface area contributed by atoms with E-state index in [1.165, 1.54) is 19.2 Å². The van der Waals surface area contributed by atoms with Gasteiger partial charge in [0, 0.05) is 25.7 Å². The van der Waals surface area contributed by atoms with E-state index < -0.39 is 19.2 Å². The molecule has 5 nitrogen and oxygen atoms in total. The summed E-state index contributed by atoms with van der Waals surface area (Å²) in [6, 6.07) is 4.62. The minimum absolute atomic E-state index is 0. The second-order valence-electron chi connectivity index (χ2n) is 4.77. The van der Waals surface area contributed by atoms with Gasteiger partial charge in [-0.3, -0.25) is 4.99 Å². The molecule has 0 atom stereocenters. The molecule has 0 aromatic heterocycles. The maximum atomic E-state index is 12.6. The largest absolute Gasteiger partial charge is 0.490 e. The van der Waals surface area contributed by atoms with Gasteiger partial charge in [0.1, 0.15) is 0 Å².